The van der Waals surface area contributed by atoms with E-state index in [2.05, 4.69) is 23.9 Å². The molecule has 0 saturated carbocycles. The predicted molar refractivity (Wildman–Crippen MR) is 90.4 cm³/mol. The van der Waals surface area contributed by atoms with E-state index in [4.69, 9.17) is 0 Å². The fourth-order valence-corrected chi connectivity index (χ4v) is 3.47. The maximum Gasteiger partial charge on any atom is 0.352 e. The lowest BCUT2D eigenvalue weighted by Crippen LogP contribution is -2.57. The fourth-order valence-electron chi connectivity index (χ4n) is 3.47. The summed E-state index contributed by atoms with van der Waals surface area (Å²) in [6.45, 7) is 6.19. The summed E-state index contributed by atoms with van der Waals surface area (Å²) in [6.07, 6.45) is 0.917. The molecule has 1 unspecified atom stereocenters. The van der Waals surface area contributed by atoms with Crippen LogP contribution < -0.4 is 0 Å². The van der Waals surface area contributed by atoms with Gasteiger partial charge in [-0.2, -0.15) is 0 Å². The Hall–Kier alpha value is -1.44. The van der Waals surface area contributed by atoms with Gasteiger partial charge in [-0.1, -0.05) is 6.92 Å². The van der Waals surface area contributed by atoms with Crippen molar-refractivity contribution in [1.82, 2.24) is 14.7 Å². The first-order valence-corrected chi connectivity index (χ1v) is 8.59. The minimum atomic E-state index is -1.06. The smallest absolute Gasteiger partial charge is 0.352 e. The minimum Gasteiger partial charge on any atom is -0.477 e. The number of likely N-dealkylation sites (N-methyl/N-ethyl adjacent to an activating group) is 1. The van der Waals surface area contributed by atoms with Crippen molar-refractivity contribution < 1.29 is 19.8 Å². The summed E-state index contributed by atoms with van der Waals surface area (Å²) >= 11 is 0. The number of likely N-dealkylation sites (tertiary alicyclic amines) is 2. The van der Waals surface area contributed by atoms with Gasteiger partial charge in [-0.25, -0.2) is 4.79 Å². The monoisotopic (exact) mass is 339 g/mol. The van der Waals surface area contributed by atoms with E-state index >= 15 is 0 Å². The molecule has 2 rings (SSSR count). The first kappa shape index (κ1) is 18.9. The Kier molecular flexibility index (Phi) is 6.01. The second-order valence-corrected chi connectivity index (χ2v) is 7.05. The number of carbonyl (C=O) groups is 2. The Bertz CT molecular complexity index is 530. The van der Waals surface area contributed by atoms with E-state index in [1.165, 1.54) is 4.90 Å². The van der Waals surface area contributed by atoms with Gasteiger partial charge in [-0.15, -0.1) is 0 Å². The van der Waals surface area contributed by atoms with E-state index in [1.54, 1.807) is 6.92 Å². The van der Waals surface area contributed by atoms with Crippen molar-refractivity contribution in [2.24, 2.45) is 5.92 Å². The molecule has 7 nitrogen and oxygen atoms in total. The number of carbonyl (C=O) groups excluding carboxylic acids is 1. The molecule has 2 N–H and O–H groups in total. The van der Waals surface area contributed by atoms with Crippen molar-refractivity contribution in [3.8, 4) is 0 Å². The van der Waals surface area contributed by atoms with Crippen molar-refractivity contribution in [3.63, 3.8) is 0 Å². The van der Waals surface area contributed by atoms with Crippen LogP contribution >= 0.6 is 0 Å². The number of carboxylic acid groups (broad SMARTS) is 1. The van der Waals surface area contributed by atoms with Crippen LogP contribution in [-0.4, -0.2) is 89.2 Å². The molecule has 24 heavy (non-hydrogen) atoms. The van der Waals surface area contributed by atoms with E-state index in [-0.39, 0.29) is 18.1 Å². The van der Waals surface area contributed by atoms with E-state index < -0.39 is 18.0 Å². The molecule has 7 heteroatoms. The lowest BCUT2D eigenvalue weighted by molar-refractivity contribution is -0.155. The molecule has 2 aliphatic rings. The zero-order valence-electron chi connectivity index (χ0n) is 15.0. The maximum atomic E-state index is 12.2. The second-order valence-electron chi connectivity index (χ2n) is 7.05. The Balaban J connectivity index is 2.14. The van der Waals surface area contributed by atoms with Crippen LogP contribution in [-0.2, 0) is 9.59 Å². The van der Waals surface area contributed by atoms with Gasteiger partial charge in [0.25, 0.3) is 0 Å². The molecule has 2 heterocycles. The van der Waals surface area contributed by atoms with Crippen molar-refractivity contribution in [2.45, 2.75) is 38.8 Å². The summed E-state index contributed by atoms with van der Waals surface area (Å²) in [5, 5.41) is 19.2. The quantitative estimate of drug-likeness (QED) is 0.510. The SMILES string of the molecule is CC/C(CN1CC[C@H](N(C)C)C1)=C(/C(=O)O)N1CC([C@@H](C)O)C1=O. The number of aliphatic hydroxyl groups excluding tert-OH is 1. The first-order chi connectivity index (χ1) is 11.3. The summed E-state index contributed by atoms with van der Waals surface area (Å²) in [4.78, 5) is 29.7. The molecule has 0 aliphatic carbocycles. The van der Waals surface area contributed by atoms with Crippen LogP contribution in [0.15, 0.2) is 11.3 Å². The molecule has 0 aromatic carbocycles. The van der Waals surface area contributed by atoms with Gasteiger partial charge in [-0.05, 0) is 39.4 Å². The van der Waals surface area contributed by atoms with Gasteiger partial charge in [0.15, 0.2) is 0 Å². The molecule has 0 aromatic rings. The molecule has 2 aliphatic heterocycles. The number of hydrogen-bond acceptors (Lipinski definition) is 5. The van der Waals surface area contributed by atoms with Crippen LogP contribution in [0, 0.1) is 5.92 Å². The van der Waals surface area contributed by atoms with Crippen LogP contribution in [0.3, 0.4) is 0 Å². The largest absolute Gasteiger partial charge is 0.477 e. The third kappa shape index (κ3) is 3.79. The van der Waals surface area contributed by atoms with Gasteiger partial charge >= 0.3 is 5.97 Å². The van der Waals surface area contributed by atoms with Crippen molar-refractivity contribution in [3.05, 3.63) is 11.3 Å². The van der Waals surface area contributed by atoms with Crippen LogP contribution in [0.5, 0.6) is 0 Å². The van der Waals surface area contributed by atoms with Crippen LogP contribution in [0.25, 0.3) is 0 Å². The molecule has 136 valence electrons. The number of carboxylic acids is 1. The van der Waals surface area contributed by atoms with E-state index in [1.807, 2.05) is 6.92 Å². The summed E-state index contributed by atoms with van der Waals surface area (Å²) in [6, 6.07) is 0.488. The highest BCUT2D eigenvalue weighted by Crippen LogP contribution is 2.29. The Morgan fingerprint density at radius 3 is 2.46 bits per heavy atom. The van der Waals surface area contributed by atoms with E-state index in [9.17, 15) is 19.8 Å². The number of amides is 1. The highest BCUT2D eigenvalue weighted by molar-refractivity contribution is 5.97. The van der Waals surface area contributed by atoms with Gasteiger partial charge in [0, 0.05) is 32.2 Å². The average Bonchev–Trinajstić information content (AvgIpc) is 2.96. The number of β-lactam (4-membered cyclic amide) rings is 1. The average molecular weight is 339 g/mol. The zero-order valence-corrected chi connectivity index (χ0v) is 15.0. The lowest BCUT2D eigenvalue weighted by Gasteiger charge is -2.41. The molecule has 1 amide bonds. The van der Waals surface area contributed by atoms with E-state index in [0.717, 1.165) is 25.1 Å². The van der Waals surface area contributed by atoms with Crippen molar-refractivity contribution >= 4 is 11.9 Å². The third-order valence-corrected chi connectivity index (χ3v) is 5.17. The number of nitrogens with zero attached hydrogens (tertiary/aromatic N) is 3. The minimum absolute atomic E-state index is 0.104. The van der Waals surface area contributed by atoms with Crippen molar-refractivity contribution in [2.75, 3.05) is 40.3 Å². The Morgan fingerprint density at radius 2 is 2.04 bits per heavy atom. The molecule has 2 saturated heterocycles. The highest BCUT2D eigenvalue weighted by Gasteiger charge is 2.44. The second kappa shape index (κ2) is 7.63. The lowest BCUT2D eigenvalue weighted by atomic mass is 9.91. The predicted octanol–water partition coefficient (Wildman–Crippen LogP) is 0.210. The zero-order chi connectivity index (χ0) is 18.0. The van der Waals surface area contributed by atoms with Gasteiger partial charge in [0.1, 0.15) is 5.70 Å². The standard InChI is InChI=1S/C17H29N3O4/c1-5-12(8-19-7-6-13(9-19)18(3)4)15(17(23)24)20-10-14(11(2)21)16(20)22/h11,13-14,21H,5-10H2,1-4H3,(H,23,24)/b15-12+/t11-,13+,14?/m1/s1. The number of hydrogen-bond donors (Lipinski definition) is 2. The van der Waals surface area contributed by atoms with Gasteiger partial charge < -0.3 is 20.0 Å². The number of rotatable bonds is 7. The summed E-state index contributed by atoms with van der Waals surface area (Å²) in [5.74, 6) is -1.84. The summed E-state index contributed by atoms with van der Waals surface area (Å²) < 4.78 is 0. The molecular weight excluding hydrogens is 310 g/mol. The molecule has 0 radical (unpaired) electrons. The maximum absolute atomic E-state index is 12.2. The van der Waals surface area contributed by atoms with Crippen molar-refractivity contribution in [1.29, 1.82) is 0 Å². The number of aliphatic hydroxyl groups is 1. The normalized spacial score (nSPS) is 27.2. The molecule has 2 fully saturated rings. The Labute approximate surface area is 143 Å². The molecule has 3 atom stereocenters. The fraction of sp³-hybridized carbons (Fsp3) is 0.765. The Morgan fingerprint density at radius 1 is 1.38 bits per heavy atom. The first-order valence-electron chi connectivity index (χ1n) is 8.59. The topological polar surface area (TPSA) is 84.3 Å². The van der Waals surface area contributed by atoms with Gasteiger partial charge in [0.2, 0.25) is 5.91 Å². The molecule has 0 aromatic heterocycles. The summed E-state index contributed by atoms with van der Waals surface area (Å²) in [5.41, 5.74) is 0.881. The van der Waals surface area contributed by atoms with Crippen LogP contribution in [0.4, 0.5) is 0 Å². The molecule has 0 spiro atoms. The van der Waals surface area contributed by atoms with Gasteiger partial charge in [-0.3, -0.25) is 9.69 Å². The van der Waals surface area contributed by atoms with Crippen LogP contribution in [0.2, 0.25) is 0 Å². The van der Waals surface area contributed by atoms with E-state index in [0.29, 0.717) is 19.0 Å². The van der Waals surface area contributed by atoms with Crippen LogP contribution in [0.1, 0.15) is 26.7 Å². The highest BCUT2D eigenvalue weighted by atomic mass is 16.4. The third-order valence-electron chi connectivity index (χ3n) is 5.17. The summed E-state index contributed by atoms with van der Waals surface area (Å²) in [7, 11) is 4.12. The van der Waals surface area contributed by atoms with Gasteiger partial charge in [0.05, 0.1) is 12.0 Å². The number of aliphatic carboxylic acids is 1. The molecule has 0 bridgehead atoms. The molecular formula is C17H29N3O4.